The van der Waals surface area contributed by atoms with E-state index >= 15 is 0 Å². The Hall–Kier alpha value is -3.10. The van der Waals surface area contributed by atoms with Crippen molar-refractivity contribution in [1.82, 2.24) is 15.5 Å². The number of nitrogens with one attached hydrogen (secondary N) is 2. The van der Waals surface area contributed by atoms with E-state index in [0.29, 0.717) is 5.56 Å². The second kappa shape index (κ2) is 13.1. The second-order valence-corrected chi connectivity index (χ2v) is 10.2. The van der Waals surface area contributed by atoms with Crippen LogP contribution in [0, 0.1) is 6.92 Å². The van der Waals surface area contributed by atoms with E-state index in [1.807, 2.05) is 32.9 Å². The maximum Gasteiger partial charge on any atom is 0.408 e. The number of nitrogens with two attached hydrogens (primary N) is 1. The molecule has 0 aromatic heterocycles. The number of aryl methyl sites for hydroxylation is 1. The minimum atomic E-state index is -1.29. The number of amides is 4. The summed E-state index contributed by atoms with van der Waals surface area (Å²) in [6, 6.07) is 4.55. The van der Waals surface area contributed by atoms with Crippen molar-refractivity contribution in [3.8, 4) is 0 Å². The van der Waals surface area contributed by atoms with Gasteiger partial charge in [0.2, 0.25) is 17.7 Å². The van der Waals surface area contributed by atoms with Crippen molar-refractivity contribution in [2.45, 2.75) is 104 Å². The Balaban J connectivity index is 3.45. The SMILES string of the molecule is CCCC(C)NC(=O)C(c1ccc(C)cc1)N(C(=O)C(CC(N)=O)NC(=O)OC(C)(C)C)C(C)C. The Morgan fingerprint density at radius 2 is 1.60 bits per heavy atom. The van der Waals surface area contributed by atoms with E-state index in [2.05, 4.69) is 10.6 Å². The number of ether oxygens (including phenoxy) is 1. The molecule has 196 valence electrons. The molecule has 3 atom stereocenters. The van der Waals surface area contributed by atoms with Gasteiger partial charge in [-0.15, -0.1) is 0 Å². The molecule has 4 N–H and O–H groups in total. The summed E-state index contributed by atoms with van der Waals surface area (Å²) >= 11 is 0. The van der Waals surface area contributed by atoms with Crippen LogP contribution >= 0.6 is 0 Å². The fraction of sp³-hybridized carbons (Fsp3) is 0.615. The highest BCUT2D eigenvalue weighted by Gasteiger charge is 2.38. The van der Waals surface area contributed by atoms with Gasteiger partial charge in [0.1, 0.15) is 17.7 Å². The molecule has 1 aromatic rings. The van der Waals surface area contributed by atoms with Crippen LogP contribution in [0.4, 0.5) is 4.79 Å². The van der Waals surface area contributed by atoms with E-state index in [1.54, 1.807) is 46.8 Å². The largest absolute Gasteiger partial charge is 0.444 e. The Morgan fingerprint density at radius 3 is 2.06 bits per heavy atom. The minimum absolute atomic E-state index is 0.0918. The maximum absolute atomic E-state index is 13.8. The molecule has 0 aliphatic rings. The normalized spacial score (nSPS) is 14.0. The Bertz CT molecular complexity index is 877. The van der Waals surface area contributed by atoms with Gasteiger partial charge in [-0.25, -0.2) is 4.79 Å². The third-order valence-corrected chi connectivity index (χ3v) is 5.24. The number of nitrogens with zero attached hydrogens (tertiary/aromatic N) is 1. The smallest absolute Gasteiger partial charge is 0.408 e. The lowest BCUT2D eigenvalue weighted by Gasteiger charge is -2.37. The molecule has 0 saturated heterocycles. The van der Waals surface area contributed by atoms with Gasteiger partial charge in [-0.05, 0) is 60.5 Å². The number of hydrogen-bond acceptors (Lipinski definition) is 5. The molecule has 0 fully saturated rings. The van der Waals surface area contributed by atoms with Crippen molar-refractivity contribution < 1.29 is 23.9 Å². The monoisotopic (exact) mass is 490 g/mol. The predicted molar refractivity (Wildman–Crippen MR) is 135 cm³/mol. The number of alkyl carbamates (subject to hydrolysis) is 1. The summed E-state index contributed by atoms with van der Waals surface area (Å²) in [7, 11) is 0. The van der Waals surface area contributed by atoms with Crippen LogP contribution in [0.2, 0.25) is 0 Å². The van der Waals surface area contributed by atoms with Gasteiger partial charge in [0, 0.05) is 12.1 Å². The van der Waals surface area contributed by atoms with Crippen LogP contribution in [0.25, 0.3) is 0 Å². The number of primary amides is 1. The summed E-state index contributed by atoms with van der Waals surface area (Å²) < 4.78 is 5.27. The summed E-state index contributed by atoms with van der Waals surface area (Å²) in [4.78, 5) is 52.9. The van der Waals surface area contributed by atoms with Gasteiger partial charge >= 0.3 is 6.09 Å². The average molecular weight is 491 g/mol. The highest BCUT2D eigenvalue weighted by atomic mass is 16.6. The Labute approximate surface area is 209 Å². The highest BCUT2D eigenvalue weighted by molar-refractivity contribution is 5.94. The number of benzene rings is 1. The molecule has 35 heavy (non-hydrogen) atoms. The van der Waals surface area contributed by atoms with Crippen molar-refractivity contribution in [2.75, 3.05) is 0 Å². The van der Waals surface area contributed by atoms with Crippen molar-refractivity contribution >= 4 is 23.8 Å². The first kappa shape index (κ1) is 29.9. The quantitative estimate of drug-likeness (QED) is 0.438. The van der Waals surface area contributed by atoms with E-state index in [9.17, 15) is 19.2 Å². The fourth-order valence-electron chi connectivity index (χ4n) is 3.72. The van der Waals surface area contributed by atoms with Crippen molar-refractivity contribution in [1.29, 1.82) is 0 Å². The average Bonchev–Trinajstić information content (AvgIpc) is 2.69. The molecule has 0 bridgehead atoms. The minimum Gasteiger partial charge on any atom is -0.444 e. The van der Waals surface area contributed by atoms with Crippen LogP contribution in [-0.2, 0) is 19.1 Å². The van der Waals surface area contributed by atoms with Gasteiger partial charge < -0.3 is 26.0 Å². The first-order valence-electron chi connectivity index (χ1n) is 12.1. The molecule has 0 heterocycles. The zero-order valence-electron chi connectivity index (χ0n) is 22.3. The summed E-state index contributed by atoms with van der Waals surface area (Å²) in [5.41, 5.74) is 6.22. The first-order valence-corrected chi connectivity index (χ1v) is 12.1. The summed E-state index contributed by atoms with van der Waals surface area (Å²) in [6.07, 6.45) is 0.389. The van der Waals surface area contributed by atoms with Crippen molar-refractivity contribution in [2.24, 2.45) is 5.73 Å². The number of rotatable bonds is 11. The topological polar surface area (TPSA) is 131 Å². The Morgan fingerprint density at radius 1 is 1.03 bits per heavy atom. The van der Waals surface area contributed by atoms with Crippen LogP contribution in [-0.4, -0.2) is 52.4 Å². The van der Waals surface area contributed by atoms with Crippen LogP contribution < -0.4 is 16.4 Å². The molecule has 1 rings (SSSR count). The summed E-state index contributed by atoms with van der Waals surface area (Å²) in [5, 5.41) is 5.47. The van der Waals surface area contributed by atoms with Crippen LogP contribution in [0.15, 0.2) is 24.3 Å². The molecule has 3 unspecified atom stereocenters. The van der Waals surface area contributed by atoms with Gasteiger partial charge in [-0.1, -0.05) is 43.2 Å². The predicted octanol–water partition coefficient (Wildman–Crippen LogP) is 3.35. The maximum atomic E-state index is 13.8. The van der Waals surface area contributed by atoms with E-state index < -0.39 is 48.1 Å². The first-order chi connectivity index (χ1) is 16.2. The molecule has 9 heteroatoms. The van der Waals surface area contributed by atoms with Crippen LogP contribution in [0.1, 0.15) is 84.9 Å². The van der Waals surface area contributed by atoms with E-state index in [-0.39, 0.29) is 11.9 Å². The number of carbonyl (C=O) groups excluding carboxylic acids is 4. The zero-order chi connectivity index (χ0) is 26.9. The lowest BCUT2D eigenvalue weighted by atomic mass is 9.99. The third-order valence-electron chi connectivity index (χ3n) is 5.24. The lowest BCUT2D eigenvalue weighted by Crippen LogP contribution is -2.56. The Kier molecular flexibility index (Phi) is 11.2. The fourth-order valence-corrected chi connectivity index (χ4v) is 3.72. The van der Waals surface area contributed by atoms with Crippen molar-refractivity contribution in [3.63, 3.8) is 0 Å². The van der Waals surface area contributed by atoms with Crippen molar-refractivity contribution in [3.05, 3.63) is 35.4 Å². The lowest BCUT2D eigenvalue weighted by molar-refractivity contribution is -0.145. The number of carbonyl (C=O) groups is 4. The van der Waals surface area contributed by atoms with Crippen LogP contribution in [0.5, 0.6) is 0 Å². The third kappa shape index (κ3) is 9.96. The molecular formula is C26H42N4O5. The molecule has 1 aromatic carbocycles. The highest BCUT2D eigenvalue weighted by Crippen LogP contribution is 2.26. The summed E-state index contributed by atoms with van der Waals surface area (Å²) in [6.45, 7) is 14.5. The molecule has 0 spiro atoms. The molecular weight excluding hydrogens is 448 g/mol. The van der Waals surface area contributed by atoms with Gasteiger partial charge in [0.05, 0.1) is 6.42 Å². The standard InChI is InChI=1S/C26H42N4O5/c1-9-10-18(5)28-23(32)22(19-13-11-17(4)12-14-19)30(16(2)3)24(33)20(15-21(27)31)29-25(34)35-26(6,7)8/h11-14,16,18,20,22H,9-10,15H2,1-8H3,(H2,27,31)(H,28,32)(H,29,34). The molecule has 4 amide bonds. The number of hydrogen-bond donors (Lipinski definition) is 3. The van der Waals surface area contributed by atoms with Gasteiger partial charge in [0.25, 0.3) is 0 Å². The van der Waals surface area contributed by atoms with Gasteiger partial charge in [-0.2, -0.15) is 0 Å². The molecule has 0 saturated carbocycles. The summed E-state index contributed by atoms with van der Waals surface area (Å²) in [5.74, 6) is -1.71. The molecule has 0 aliphatic carbocycles. The van der Waals surface area contributed by atoms with Crippen LogP contribution in [0.3, 0.4) is 0 Å². The second-order valence-electron chi connectivity index (χ2n) is 10.2. The van der Waals surface area contributed by atoms with E-state index in [4.69, 9.17) is 10.5 Å². The molecule has 0 radical (unpaired) electrons. The van der Waals surface area contributed by atoms with Gasteiger partial charge in [0.15, 0.2) is 0 Å². The van der Waals surface area contributed by atoms with E-state index in [0.717, 1.165) is 18.4 Å². The van der Waals surface area contributed by atoms with E-state index in [1.165, 1.54) is 4.90 Å². The molecule has 0 aliphatic heterocycles. The zero-order valence-corrected chi connectivity index (χ0v) is 22.3. The molecule has 9 nitrogen and oxygen atoms in total. The van der Waals surface area contributed by atoms with Gasteiger partial charge in [-0.3, -0.25) is 14.4 Å².